The van der Waals surface area contributed by atoms with Crippen LogP contribution >= 0.6 is 34.9 Å². The summed E-state index contributed by atoms with van der Waals surface area (Å²) in [4.78, 5) is 23.0. The number of thioether (sulfide) groups is 2. The van der Waals surface area contributed by atoms with Gasteiger partial charge in [-0.15, -0.1) is 10.2 Å². The van der Waals surface area contributed by atoms with Crippen LogP contribution in [0.1, 0.15) is 23.0 Å². The Balaban J connectivity index is 1.78. The molecule has 1 aromatic carbocycles. The van der Waals surface area contributed by atoms with Crippen LogP contribution in [0.25, 0.3) is 11.0 Å². The number of fused-ring (bicyclic) bond motifs is 1. The highest BCUT2D eigenvalue weighted by atomic mass is 32.2. The molecule has 0 spiro atoms. The molecule has 2 aromatic heterocycles. The third-order valence-corrected chi connectivity index (χ3v) is 6.46. The number of hydrogen-bond acceptors (Lipinski definition) is 9. The molecule has 1 amide bonds. The molecule has 0 fully saturated rings. The first-order chi connectivity index (χ1) is 12.6. The monoisotopic (exact) mass is 409 g/mol. The molecule has 26 heavy (non-hydrogen) atoms. The molecule has 3 aromatic rings. The van der Waals surface area contributed by atoms with Crippen LogP contribution in [0.3, 0.4) is 0 Å². The third kappa shape index (κ3) is 4.37. The van der Waals surface area contributed by atoms with Crippen LogP contribution in [0.4, 0.5) is 0 Å². The van der Waals surface area contributed by atoms with Crippen molar-refractivity contribution in [3.8, 4) is 0 Å². The van der Waals surface area contributed by atoms with Crippen molar-refractivity contribution in [2.24, 2.45) is 5.73 Å². The molecule has 7 nitrogen and oxygen atoms in total. The van der Waals surface area contributed by atoms with Crippen molar-refractivity contribution in [1.29, 1.82) is 0 Å². The molecule has 3 rings (SSSR count). The number of amides is 1. The molecular weight excluding hydrogens is 394 g/mol. The predicted octanol–water partition coefficient (Wildman–Crippen LogP) is 3.33. The lowest BCUT2D eigenvalue weighted by molar-refractivity contribution is -0.115. The van der Waals surface area contributed by atoms with Gasteiger partial charge < -0.3 is 14.9 Å². The number of primary amides is 1. The standard InChI is InChI=1S/C16H15N3O4S3/c1-2-22-14(21)13-10(9-5-3-4-6-11(9)23-13)7-24-15-18-19-16(26-15)25-8-12(17)20/h3-6H,2,7-8H2,1H3,(H2,17,20). The van der Waals surface area contributed by atoms with Crippen molar-refractivity contribution in [1.82, 2.24) is 10.2 Å². The van der Waals surface area contributed by atoms with E-state index in [0.717, 1.165) is 15.3 Å². The van der Waals surface area contributed by atoms with Gasteiger partial charge in [0.2, 0.25) is 11.7 Å². The van der Waals surface area contributed by atoms with Gasteiger partial charge >= 0.3 is 5.97 Å². The van der Waals surface area contributed by atoms with Crippen molar-refractivity contribution in [3.63, 3.8) is 0 Å². The van der Waals surface area contributed by atoms with Crippen molar-refractivity contribution < 1.29 is 18.7 Å². The number of aromatic nitrogens is 2. The van der Waals surface area contributed by atoms with Gasteiger partial charge in [0.05, 0.1) is 12.4 Å². The van der Waals surface area contributed by atoms with Gasteiger partial charge in [-0.3, -0.25) is 4.79 Å². The van der Waals surface area contributed by atoms with Gasteiger partial charge in [0.25, 0.3) is 0 Å². The van der Waals surface area contributed by atoms with Crippen LogP contribution in [0, 0.1) is 0 Å². The smallest absolute Gasteiger partial charge is 0.374 e. The molecular formula is C16H15N3O4S3. The molecule has 0 unspecified atom stereocenters. The highest BCUT2D eigenvalue weighted by molar-refractivity contribution is 8.03. The zero-order valence-electron chi connectivity index (χ0n) is 13.8. The van der Waals surface area contributed by atoms with E-state index in [0.29, 0.717) is 15.7 Å². The Bertz CT molecular complexity index is 938. The van der Waals surface area contributed by atoms with Crippen LogP contribution in [0.15, 0.2) is 37.4 Å². The van der Waals surface area contributed by atoms with E-state index in [2.05, 4.69) is 10.2 Å². The van der Waals surface area contributed by atoms with E-state index in [1.165, 1.54) is 34.9 Å². The lowest BCUT2D eigenvalue weighted by Gasteiger charge is -2.01. The van der Waals surface area contributed by atoms with Gasteiger partial charge in [-0.1, -0.05) is 53.1 Å². The van der Waals surface area contributed by atoms with E-state index in [1.54, 1.807) is 6.92 Å². The normalized spacial score (nSPS) is 11.0. The number of nitrogens with zero attached hydrogens (tertiary/aromatic N) is 2. The molecule has 136 valence electrons. The van der Waals surface area contributed by atoms with Crippen LogP contribution < -0.4 is 5.73 Å². The average molecular weight is 410 g/mol. The molecule has 0 bridgehead atoms. The molecule has 0 saturated heterocycles. The van der Waals surface area contributed by atoms with Crippen molar-refractivity contribution in [2.45, 2.75) is 21.4 Å². The van der Waals surface area contributed by atoms with Gasteiger partial charge in [-0.25, -0.2) is 4.79 Å². The highest BCUT2D eigenvalue weighted by Gasteiger charge is 2.22. The summed E-state index contributed by atoms with van der Waals surface area (Å²) in [6, 6.07) is 7.47. The second-order valence-electron chi connectivity index (χ2n) is 5.00. The molecule has 2 heterocycles. The summed E-state index contributed by atoms with van der Waals surface area (Å²) in [5.41, 5.74) is 6.54. The number of esters is 1. The average Bonchev–Trinajstić information content (AvgIpc) is 3.22. The fourth-order valence-electron chi connectivity index (χ4n) is 2.18. The third-order valence-electron chi connectivity index (χ3n) is 3.22. The number of rotatable bonds is 8. The number of carbonyl (C=O) groups is 2. The lowest BCUT2D eigenvalue weighted by atomic mass is 10.1. The second kappa shape index (κ2) is 8.56. The molecule has 0 aliphatic rings. The van der Waals surface area contributed by atoms with Gasteiger partial charge in [-0.2, -0.15) is 0 Å². The van der Waals surface area contributed by atoms with E-state index in [-0.39, 0.29) is 18.1 Å². The van der Waals surface area contributed by atoms with Crippen LogP contribution in [-0.4, -0.2) is 34.4 Å². The fourth-order valence-corrected chi connectivity index (χ4v) is 4.97. The Morgan fingerprint density at radius 2 is 1.96 bits per heavy atom. The van der Waals surface area contributed by atoms with E-state index in [4.69, 9.17) is 14.9 Å². The number of hydrogen-bond donors (Lipinski definition) is 1. The van der Waals surface area contributed by atoms with E-state index < -0.39 is 11.9 Å². The predicted molar refractivity (Wildman–Crippen MR) is 102 cm³/mol. The van der Waals surface area contributed by atoms with Crippen LogP contribution in [0.2, 0.25) is 0 Å². The van der Waals surface area contributed by atoms with E-state index in [9.17, 15) is 9.59 Å². The highest BCUT2D eigenvalue weighted by Crippen LogP contribution is 2.35. The topological polar surface area (TPSA) is 108 Å². The van der Waals surface area contributed by atoms with E-state index in [1.807, 2.05) is 24.3 Å². The summed E-state index contributed by atoms with van der Waals surface area (Å²) in [7, 11) is 0. The molecule has 2 N–H and O–H groups in total. The minimum Gasteiger partial charge on any atom is -0.460 e. The van der Waals surface area contributed by atoms with Crippen molar-refractivity contribution >= 4 is 57.7 Å². The van der Waals surface area contributed by atoms with Gasteiger partial charge in [0.15, 0.2) is 8.68 Å². The largest absolute Gasteiger partial charge is 0.460 e. The molecule has 10 heteroatoms. The summed E-state index contributed by atoms with van der Waals surface area (Å²) in [6.45, 7) is 2.03. The van der Waals surface area contributed by atoms with Gasteiger partial charge in [-0.05, 0) is 13.0 Å². The SMILES string of the molecule is CCOC(=O)c1oc2ccccc2c1CSc1nnc(SCC(N)=O)s1. The summed E-state index contributed by atoms with van der Waals surface area (Å²) in [6.07, 6.45) is 0. The number of benzene rings is 1. The number of furan rings is 1. The molecule has 0 radical (unpaired) electrons. The zero-order valence-corrected chi connectivity index (χ0v) is 16.2. The number of nitrogens with two attached hydrogens (primary N) is 1. The maximum Gasteiger partial charge on any atom is 0.374 e. The molecule has 0 aliphatic heterocycles. The zero-order chi connectivity index (χ0) is 18.5. The minimum absolute atomic E-state index is 0.165. The first kappa shape index (κ1) is 18.7. The fraction of sp³-hybridized carbons (Fsp3) is 0.250. The van der Waals surface area contributed by atoms with Crippen LogP contribution in [-0.2, 0) is 15.3 Å². The Kier molecular flexibility index (Phi) is 6.17. The second-order valence-corrected chi connectivity index (χ2v) is 8.43. The Hall–Kier alpha value is -2.04. The Labute approximate surface area is 161 Å². The Morgan fingerprint density at radius 1 is 1.23 bits per heavy atom. The number of para-hydroxylation sites is 1. The van der Waals surface area contributed by atoms with Crippen LogP contribution in [0.5, 0.6) is 0 Å². The molecule has 0 saturated carbocycles. The number of ether oxygens (including phenoxy) is 1. The summed E-state index contributed by atoms with van der Waals surface area (Å²) in [5, 5.41) is 8.99. The quantitative estimate of drug-likeness (QED) is 0.446. The summed E-state index contributed by atoms with van der Waals surface area (Å²) in [5.74, 6) is -0.00936. The van der Waals surface area contributed by atoms with Crippen molar-refractivity contribution in [2.75, 3.05) is 12.4 Å². The first-order valence-corrected chi connectivity index (χ1v) is 10.4. The maximum absolute atomic E-state index is 12.2. The summed E-state index contributed by atoms with van der Waals surface area (Å²) >= 11 is 4.08. The molecule has 0 aliphatic carbocycles. The van der Waals surface area contributed by atoms with Gasteiger partial charge in [0, 0.05) is 16.7 Å². The maximum atomic E-state index is 12.2. The van der Waals surface area contributed by atoms with E-state index >= 15 is 0 Å². The molecule has 0 atom stereocenters. The van der Waals surface area contributed by atoms with Crippen molar-refractivity contribution in [3.05, 3.63) is 35.6 Å². The first-order valence-electron chi connectivity index (χ1n) is 7.63. The Morgan fingerprint density at radius 3 is 2.69 bits per heavy atom. The minimum atomic E-state index is -0.478. The lowest BCUT2D eigenvalue weighted by Crippen LogP contribution is -2.12. The van der Waals surface area contributed by atoms with Gasteiger partial charge in [0.1, 0.15) is 5.58 Å². The number of carbonyl (C=O) groups excluding carboxylic acids is 2. The summed E-state index contributed by atoms with van der Waals surface area (Å²) < 4.78 is 12.2.